The van der Waals surface area contributed by atoms with Crippen LogP contribution in [0.2, 0.25) is 0 Å². The van der Waals surface area contributed by atoms with E-state index in [1.165, 1.54) is 0 Å². The lowest BCUT2D eigenvalue weighted by Crippen LogP contribution is -2.20. The second kappa shape index (κ2) is 4.34. The van der Waals surface area contributed by atoms with Crippen LogP contribution in [-0.4, -0.2) is 15.0 Å². The summed E-state index contributed by atoms with van der Waals surface area (Å²) >= 11 is 0. The van der Waals surface area contributed by atoms with Gasteiger partial charge in [0.25, 0.3) is 0 Å². The van der Waals surface area contributed by atoms with Gasteiger partial charge in [0.2, 0.25) is 5.95 Å². The van der Waals surface area contributed by atoms with E-state index < -0.39 is 5.69 Å². The molecule has 88 valence electrons. The van der Waals surface area contributed by atoms with E-state index in [-0.39, 0.29) is 5.95 Å². The van der Waals surface area contributed by atoms with Gasteiger partial charge in [-0.05, 0) is 25.0 Å². The van der Waals surface area contributed by atoms with Crippen LogP contribution in [0.4, 0.5) is 5.95 Å². The van der Waals surface area contributed by atoms with Gasteiger partial charge in [0.15, 0.2) is 0 Å². The van der Waals surface area contributed by atoms with Crippen molar-refractivity contribution in [1.29, 1.82) is 0 Å². The number of aryl methyl sites for hydroxylation is 2. The van der Waals surface area contributed by atoms with E-state index in [2.05, 4.69) is 20.4 Å². The smallest absolute Gasteiger partial charge is 0.292 e. The number of rotatable bonds is 2. The van der Waals surface area contributed by atoms with Crippen molar-refractivity contribution in [2.45, 2.75) is 13.8 Å². The average Bonchev–Trinajstić information content (AvgIpc) is 2.28. The molecule has 0 atom stereocenters. The molecule has 0 spiro atoms. The zero-order chi connectivity index (χ0) is 12.4. The lowest BCUT2D eigenvalue weighted by Gasteiger charge is -2.09. The summed E-state index contributed by atoms with van der Waals surface area (Å²) in [5.74, 6) is 5.78. The largest absolute Gasteiger partial charge is 0.349 e. The zero-order valence-corrected chi connectivity index (χ0v) is 9.61. The van der Waals surface area contributed by atoms with Crippen molar-refractivity contribution in [2.24, 2.45) is 5.84 Å². The van der Waals surface area contributed by atoms with Crippen LogP contribution in [0.25, 0.3) is 11.4 Å². The Morgan fingerprint density at radius 1 is 1.24 bits per heavy atom. The second-order valence-corrected chi connectivity index (χ2v) is 3.74. The molecular formula is C11H13N5O. The maximum Gasteiger partial charge on any atom is 0.349 e. The predicted octanol–water partition coefficient (Wildman–Crippen LogP) is 0.734. The van der Waals surface area contributed by atoms with E-state index in [9.17, 15) is 4.79 Å². The molecule has 0 unspecified atom stereocenters. The maximum absolute atomic E-state index is 11.4. The Morgan fingerprint density at radius 2 is 1.88 bits per heavy atom. The molecule has 2 aromatic rings. The molecular weight excluding hydrogens is 218 g/mol. The van der Waals surface area contributed by atoms with Gasteiger partial charge in [0.05, 0.1) is 0 Å². The number of aromatic amines is 1. The molecule has 0 aliphatic rings. The Kier molecular flexibility index (Phi) is 2.88. The van der Waals surface area contributed by atoms with Crippen LogP contribution in [0.3, 0.4) is 0 Å². The molecule has 1 aromatic carbocycles. The van der Waals surface area contributed by atoms with Gasteiger partial charge < -0.3 is 0 Å². The van der Waals surface area contributed by atoms with Crippen molar-refractivity contribution in [3.05, 3.63) is 39.8 Å². The number of nitrogens with one attached hydrogen (secondary N) is 2. The van der Waals surface area contributed by atoms with E-state index >= 15 is 0 Å². The Balaban J connectivity index is 2.68. The summed E-state index contributed by atoms with van der Waals surface area (Å²) in [5, 5.41) is 0. The van der Waals surface area contributed by atoms with Crippen LogP contribution in [0.15, 0.2) is 23.0 Å². The maximum atomic E-state index is 11.4. The third-order valence-corrected chi connectivity index (χ3v) is 2.50. The highest BCUT2D eigenvalue weighted by Gasteiger charge is 2.09. The molecule has 4 N–H and O–H groups in total. The van der Waals surface area contributed by atoms with Crippen LogP contribution in [-0.2, 0) is 0 Å². The minimum Gasteiger partial charge on any atom is -0.292 e. The molecule has 0 bridgehead atoms. The minimum atomic E-state index is -0.481. The van der Waals surface area contributed by atoms with E-state index in [1.54, 1.807) is 0 Å². The molecule has 0 aliphatic carbocycles. The Morgan fingerprint density at radius 3 is 2.47 bits per heavy atom. The summed E-state index contributed by atoms with van der Waals surface area (Å²) in [7, 11) is 0. The normalized spacial score (nSPS) is 10.3. The summed E-state index contributed by atoms with van der Waals surface area (Å²) in [6.45, 7) is 3.91. The number of benzene rings is 1. The monoisotopic (exact) mass is 231 g/mol. The number of H-pyrrole nitrogens is 1. The quantitative estimate of drug-likeness (QED) is 0.523. The summed E-state index contributed by atoms with van der Waals surface area (Å²) in [5.41, 5.74) is 4.75. The van der Waals surface area contributed by atoms with Crippen molar-refractivity contribution in [2.75, 3.05) is 5.43 Å². The van der Waals surface area contributed by atoms with Gasteiger partial charge in [0, 0.05) is 5.56 Å². The number of nitrogens with two attached hydrogens (primary N) is 1. The molecule has 0 aliphatic heterocycles. The number of hydrogen-bond donors (Lipinski definition) is 3. The highest BCUT2D eigenvalue weighted by molar-refractivity contribution is 5.64. The topological polar surface area (TPSA) is 96.7 Å². The van der Waals surface area contributed by atoms with Gasteiger partial charge in [-0.3, -0.25) is 10.4 Å². The van der Waals surface area contributed by atoms with Gasteiger partial charge in [-0.25, -0.2) is 10.6 Å². The minimum absolute atomic E-state index is 0.103. The molecule has 6 nitrogen and oxygen atoms in total. The fourth-order valence-corrected chi connectivity index (χ4v) is 1.76. The molecule has 0 amide bonds. The van der Waals surface area contributed by atoms with E-state index in [1.807, 2.05) is 32.0 Å². The van der Waals surface area contributed by atoms with Crippen LogP contribution < -0.4 is 17.0 Å². The summed E-state index contributed by atoms with van der Waals surface area (Å²) in [6.07, 6.45) is 0. The van der Waals surface area contributed by atoms with Crippen LogP contribution in [0, 0.1) is 13.8 Å². The van der Waals surface area contributed by atoms with Crippen LogP contribution >= 0.6 is 0 Å². The number of hydrogen-bond acceptors (Lipinski definition) is 5. The van der Waals surface area contributed by atoms with Crippen molar-refractivity contribution >= 4 is 5.95 Å². The lowest BCUT2D eigenvalue weighted by atomic mass is 10.0. The van der Waals surface area contributed by atoms with Crippen molar-refractivity contribution in [1.82, 2.24) is 15.0 Å². The first-order valence-electron chi connectivity index (χ1n) is 5.13. The SMILES string of the molecule is Cc1cccc(C)c1-c1nc(NN)nc(=O)[nH]1. The average molecular weight is 231 g/mol. The number of nitrogens with zero attached hydrogens (tertiary/aromatic N) is 2. The third-order valence-electron chi connectivity index (χ3n) is 2.50. The number of aromatic nitrogens is 3. The molecule has 0 saturated heterocycles. The number of nitrogen functional groups attached to an aromatic ring is 1. The fourth-order valence-electron chi connectivity index (χ4n) is 1.76. The van der Waals surface area contributed by atoms with Crippen LogP contribution in [0.1, 0.15) is 11.1 Å². The standard InChI is InChI=1S/C11H13N5O/c1-6-4-3-5-7(2)8(6)9-13-10(16-12)15-11(17)14-9/h3-5H,12H2,1-2H3,(H2,13,14,15,16,17). The second-order valence-electron chi connectivity index (χ2n) is 3.74. The van der Waals surface area contributed by atoms with Gasteiger partial charge in [-0.1, -0.05) is 18.2 Å². The molecule has 6 heteroatoms. The van der Waals surface area contributed by atoms with Gasteiger partial charge in [-0.2, -0.15) is 9.97 Å². The molecule has 17 heavy (non-hydrogen) atoms. The number of anilines is 1. The molecule has 1 heterocycles. The van der Waals surface area contributed by atoms with Crippen molar-refractivity contribution in [3.63, 3.8) is 0 Å². The predicted molar refractivity (Wildman–Crippen MR) is 65.4 cm³/mol. The third kappa shape index (κ3) is 2.16. The molecule has 0 radical (unpaired) electrons. The molecule has 0 fully saturated rings. The first-order chi connectivity index (χ1) is 8.11. The first-order valence-corrected chi connectivity index (χ1v) is 5.13. The number of hydrazine groups is 1. The Labute approximate surface area is 97.9 Å². The molecule has 0 saturated carbocycles. The summed E-state index contributed by atoms with van der Waals surface area (Å²) < 4.78 is 0. The lowest BCUT2D eigenvalue weighted by molar-refractivity contribution is 0.982. The van der Waals surface area contributed by atoms with Gasteiger partial charge in [-0.15, -0.1) is 0 Å². The highest BCUT2D eigenvalue weighted by atomic mass is 16.1. The van der Waals surface area contributed by atoms with E-state index in [0.717, 1.165) is 16.7 Å². The van der Waals surface area contributed by atoms with Crippen molar-refractivity contribution < 1.29 is 0 Å². The highest BCUT2D eigenvalue weighted by Crippen LogP contribution is 2.23. The Bertz CT molecular complexity index is 585. The zero-order valence-electron chi connectivity index (χ0n) is 9.61. The summed E-state index contributed by atoms with van der Waals surface area (Å²) in [4.78, 5) is 21.7. The van der Waals surface area contributed by atoms with Crippen molar-refractivity contribution in [3.8, 4) is 11.4 Å². The Hall–Kier alpha value is -2.21. The molecule has 1 aromatic heterocycles. The van der Waals surface area contributed by atoms with Gasteiger partial charge in [0.1, 0.15) is 5.82 Å². The fraction of sp³-hybridized carbons (Fsp3) is 0.182. The van der Waals surface area contributed by atoms with Crippen LogP contribution in [0.5, 0.6) is 0 Å². The molecule has 2 rings (SSSR count). The summed E-state index contributed by atoms with van der Waals surface area (Å²) in [6, 6.07) is 5.87. The van der Waals surface area contributed by atoms with E-state index in [0.29, 0.717) is 5.82 Å². The first kappa shape index (κ1) is 11.3. The van der Waals surface area contributed by atoms with Gasteiger partial charge >= 0.3 is 5.69 Å². The van der Waals surface area contributed by atoms with E-state index in [4.69, 9.17) is 5.84 Å².